The maximum absolute atomic E-state index is 12.0. The SMILES string of the molecule is CCc1ccccc1C1=CCC(C)C(=O)N1C. The molecule has 2 rings (SSSR count). The molecule has 1 aliphatic rings. The Morgan fingerprint density at radius 1 is 1.35 bits per heavy atom. The Labute approximate surface area is 103 Å². The third kappa shape index (κ3) is 2.12. The van der Waals surface area contributed by atoms with E-state index in [1.807, 2.05) is 20.0 Å². The highest BCUT2D eigenvalue weighted by molar-refractivity contribution is 5.90. The van der Waals surface area contributed by atoms with Crippen molar-refractivity contribution in [1.82, 2.24) is 4.90 Å². The molecule has 0 aromatic heterocycles. The Morgan fingerprint density at radius 3 is 2.76 bits per heavy atom. The minimum atomic E-state index is 0.109. The number of hydrogen-bond acceptors (Lipinski definition) is 1. The molecule has 0 spiro atoms. The highest BCUT2D eigenvalue weighted by Gasteiger charge is 2.25. The van der Waals surface area contributed by atoms with Crippen molar-refractivity contribution in [3.05, 3.63) is 41.5 Å². The lowest BCUT2D eigenvalue weighted by Crippen LogP contribution is -2.33. The van der Waals surface area contributed by atoms with Gasteiger partial charge in [0.05, 0.1) is 0 Å². The molecule has 0 N–H and O–H groups in total. The summed E-state index contributed by atoms with van der Waals surface area (Å²) < 4.78 is 0. The molecule has 0 aliphatic carbocycles. The number of carbonyl (C=O) groups is 1. The van der Waals surface area contributed by atoms with E-state index >= 15 is 0 Å². The van der Waals surface area contributed by atoms with Crippen molar-refractivity contribution in [2.45, 2.75) is 26.7 Å². The second-order valence-corrected chi connectivity index (χ2v) is 4.63. The van der Waals surface area contributed by atoms with E-state index in [0.29, 0.717) is 0 Å². The molecule has 90 valence electrons. The predicted octanol–water partition coefficient (Wildman–Crippen LogP) is 3.09. The summed E-state index contributed by atoms with van der Waals surface area (Å²) >= 11 is 0. The van der Waals surface area contributed by atoms with Gasteiger partial charge in [0, 0.05) is 24.2 Å². The van der Waals surface area contributed by atoms with Gasteiger partial charge in [-0.15, -0.1) is 0 Å². The zero-order valence-electron chi connectivity index (χ0n) is 10.7. The van der Waals surface area contributed by atoms with Crippen LogP contribution < -0.4 is 0 Å². The van der Waals surface area contributed by atoms with E-state index in [0.717, 1.165) is 18.5 Å². The van der Waals surface area contributed by atoms with Crippen LogP contribution in [0.2, 0.25) is 0 Å². The number of nitrogens with zero attached hydrogens (tertiary/aromatic N) is 1. The van der Waals surface area contributed by atoms with Crippen molar-refractivity contribution in [2.75, 3.05) is 7.05 Å². The highest BCUT2D eigenvalue weighted by Crippen LogP contribution is 2.29. The molecular weight excluding hydrogens is 210 g/mol. The van der Waals surface area contributed by atoms with Gasteiger partial charge < -0.3 is 4.90 Å². The summed E-state index contributed by atoms with van der Waals surface area (Å²) in [6.07, 6.45) is 4.02. The van der Waals surface area contributed by atoms with Crippen LogP contribution in [0, 0.1) is 5.92 Å². The molecule has 1 heterocycles. The van der Waals surface area contributed by atoms with Crippen LogP contribution in [-0.4, -0.2) is 17.9 Å². The molecule has 0 bridgehead atoms. The van der Waals surface area contributed by atoms with Crippen LogP contribution in [-0.2, 0) is 11.2 Å². The third-order valence-corrected chi connectivity index (χ3v) is 3.45. The van der Waals surface area contributed by atoms with Crippen LogP contribution in [0.5, 0.6) is 0 Å². The van der Waals surface area contributed by atoms with Gasteiger partial charge in [0.25, 0.3) is 0 Å². The number of amides is 1. The molecule has 0 radical (unpaired) electrons. The zero-order chi connectivity index (χ0) is 12.4. The highest BCUT2D eigenvalue weighted by atomic mass is 16.2. The van der Waals surface area contributed by atoms with Crippen LogP contribution in [0.1, 0.15) is 31.4 Å². The first kappa shape index (κ1) is 11.9. The topological polar surface area (TPSA) is 20.3 Å². The smallest absolute Gasteiger partial charge is 0.229 e. The van der Waals surface area contributed by atoms with Gasteiger partial charge in [0.2, 0.25) is 5.91 Å². The molecule has 1 aromatic rings. The first-order chi connectivity index (χ1) is 8.15. The first-order valence-corrected chi connectivity index (χ1v) is 6.21. The largest absolute Gasteiger partial charge is 0.315 e. The number of aryl methyl sites for hydroxylation is 1. The van der Waals surface area contributed by atoms with Crippen molar-refractivity contribution in [1.29, 1.82) is 0 Å². The summed E-state index contributed by atoms with van der Waals surface area (Å²) in [5, 5.41) is 0. The lowest BCUT2D eigenvalue weighted by Gasteiger charge is -2.29. The predicted molar refractivity (Wildman–Crippen MR) is 70.3 cm³/mol. The fourth-order valence-electron chi connectivity index (χ4n) is 2.34. The molecule has 1 amide bonds. The molecule has 1 unspecified atom stereocenters. The molecule has 1 aliphatic heterocycles. The van der Waals surface area contributed by atoms with Crippen molar-refractivity contribution >= 4 is 11.6 Å². The van der Waals surface area contributed by atoms with E-state index < -0.39 is 0 Å². The van der Waals surface area contributed by atoms with Gasteiger partial charge in [-0.25, -0.2) is 0 Å². The monoisotopic (exact) mass is 229 g/mol. The molecule has 17 heavy (non-hydrogen) atoms. The van der Waals surface area contributed by atoms with Crippen LogP contribution in [0.3, 0.4) is 0 Å². The van der Waals surface area contributed by atoms with Gasteiger partial charge in [0.15, 0.2) is 0 Å². The van der Waals surface area contributed by atoms with Gasteiger partial charge in [-0.3, -0.25) is 4.79 Å². The summed E-state index contributed by atoms with van der Waals surface area (Å²) in [4.78, 5) is 13.8. The summed E-state index contributed by atoms with van der Waals surface area (Å²) in [6.45, 7) is 4.13. The molecule has 1 atom stereocenters. The van der Waals surface area contributed by atoms with Gasteiger partial charge in [-0.05, 0) is 18.4 Å². The van der Waals surface area contributed by atoms with Gasteiger partial charge >= 0.3 is 0 Å². The molecule has 0 fully saturated rings. The molecule has 1 aromatic carbocycles. The molecule has 2 heteroatoms. The Balaban J connectivity index is 2.43. The third-order valence-electron chi connectivity index (χ3n) is 3.45. The number of allylic oxidation sites excluding steroid dienone is 1. The average molecular weight is 229 g/mol. The number of carbonyl (C=O) groups excluding carboxylic acids is 1. The zero-order valence-corrected chi connectivity index (χ0v) is 10.7. The van der Waals surface area contributed by atoms with Crippen LogP contribution in [0.4, 0.5) is 0 Å². The lowest BCUT2D eigenvalue weighted by atomic mass is 9.94. The lowest BCUT2D eigenvalue weighted by molar-refractivity contribution is -0.131. The number of rotatable bonds is 2. The van der Waals surface area contributed by atoms with Crippen LogP contribution in [0.25, 0.3) is 5.70 Å². The second-order valence-electron chi connectivity index (χ2n) is 4.63. The van der Waals surface area contributed by atoms with Gasteiger partial charge in [-0.2, -0.15) is 0 Å². The first-order valence-electron chi connectivity index (χ1n) is 6.21. The van der Waals surface area contributed by atoms with Crippen molar-refractivity contribution in [2.24, 2.45) is 5.92 Å². The normalized spacial score (nSPS) is 20.4. The van der Waals surface area contributed by atoms with Crippen molar-refractivity contribution in [3.63, 3.8) is 0 Å². The Hall–Kier alpha value is -1.57. The maximum Gasteiger partial charge on any atom is 0.229 e. The summed E-state index contributed by atoms with van der Waals surface area (Å²) in [7, 11) is 1.87. The molecule has 2 nitrogen and oxygen atoms in total. The second kappa shape index (κ2) is 4.74. The van der Waals surface area contributed by atoms with E-state index in [4.69, 9.17) is 0 Å². The Morgan fingerprint density at radius 2 is 2.06 bits per heavy atom. The van der Waals surface area contributed by atoms with Gasteiger partial charge in [-0.1, -0.05) is 44.2 Å². The maximum atomic E-state index is 12.0. The Kier molecular flexibility index (Phi) is 3.32. The van der Waals surface area contributed by atoms with E-state index in [2.05, 4.69) is 31.2 Å². The van der Waals surface area contributed by atoms with E-state index in [-0.39, 0.29) is 11.8 Å². The quantitative estimate of drug-likeness (QED) is 0.763. The van der Waals surface area contributed by atoms with Crippen molar-refractivity contribution in [3.8, 4) is 0 Å². The minimum absolute atomic E-state index is 0.109. The van der Waals surface area contributed by atoms with Crippen LogP contribution >= 0.6 is 0 Å². The Bertz CT molecular complexity index is 462. The summed E-state index contributed by atoms with van der Waals surface area (Å²) in [5.41, 5.74) is 3.55. The minimum Gasteiger partial charge on any atom is -0.315 e. The fourth-order valence-corrected chi connectivity index (χ4v) is 2.34. The van der Waals surface area contributed by atoms with Crippen molar-refractivity contribution < 1.29 is 4.79 Å². The number of benzene rings is 1. The average Bonchev–Trinajstić information content (AvgIpc) is 2.36. The van der Waals surface area contributed by atoms with Gasteiger partial charge in [0.1, 0.15) is 0 Å². The summed E-state index contributed by atoms with van der Waals surface area (Å²) in [6, 6.07) is 8.32. The van der Waals surface area contributed by atoms with E-state index in [9.17, 15) is 4.79 Å². The standard InChI is InChI=1S/C15H19NO/c1-4-12-7-5-6-8-13(12)14-10-9-11(2)15(17)16(14)3/h5-8,10-11H,4,9H2,1-3H3. The molecule has 0 saturated carbocycles. The van der Waals surface area contributed by atoms with Crippen LogP contribution in [0.15, 0.2) is 30.3 Å². The molecule has 0 saturated heterocycles. The number of hydrogen-bond donors (Lipinski definition) is 0. The van der Waals surface area contributed by atoms with E-state index in [1.165, 1.54) is 11.1 Å². The fraction of sp³-hybridized carbons (Fsp3) is 0.400. The summed E-state index contributed by atoms with van der Waals surface area (Å²) in [5.74, 6) is 0.325. The molecular formula is C15H19NO. The van der Waals surface area contributed by atoms with E-state index in [1.54, 1.807) is 4.90 Å².